The molecule has 0 unspecified atom stereocenters. The second-order valence-electron chi connectivity index (χ2n) is 18.1. The monoisotopic (exact) mass is 871 g/mol. The summed E-state index contributed by atoms with van der Waals surface area (Å²) in [6.07, 6.45) is 59.8. The molecule has 0 spiro atoms. The number of carbonyl (C=O) groups is 3. The van der Waals surface area contributed by atoms with Crippen LogP contribution in [-0.4, -0.2) is 37.2 Å². The maximum Gasteiger partial charge on any atom is 0.306 e. The second-order valence-corrected chi connectivity index (χ2v) is 18.1. The highest BCUT2D eigenvalue weighted by Crippen LogP contribution is 2.15. The molecule has 0 N–H and O–H groups in total. The van der Waals surface area contributed by atoms with Crippen LogP contribution < -0.4 is 0 Å². The van der Waals surface area contributed by atoms with Gasteiger partial charge in [-0.25, -0.2) is 0 Å². The average Bonchev–Trinajstić information content (AvgIpc) is 3.27. The van der Waals surface area contributed by atoms with Gasteiger partial charge in [-0.05, 0) is 77.0 Å². The lowest BCUT2D eigenvalue weighted by Crippen LogP contribution is -2.30. The van der Waals surface area contributed by atoms with E-state index < -0.39 is 6.10 Å². The predicted octanol–water partition coefficient (Wildman–Crippen LogP) is 17.7. The molecule has 6 heteroatoms. The molecule has 362 valence electrons. The molecule has 0 amide bonds. The van der Waals surface area contributed by atoms with Crippen LogP contribution in [0.1, 0.15) is 284 Å². The first-order valence-electron chi connectivity index (χ1n) is 27.0. The number of allylic oxidation sites excluding steroid dienone is 6. The molecule has 0 rings (SSSR count). The van der Waals surface area contributed by atoms with Gasteiger partial charge in [0.15, 0.2) is 6.10 Å². The first-order valence-corrected chi connectivity index (χ1v) is 27.0. The molecule has 0 aliphatic rings. The van der Waals surface area contributed by atoms with Gasteiger partial charge in [0.25, 0.3) is 0 Å². The van der Waals surface area contributed by atoms with Crippen LogP contribution in [0.15, 0.2) is 36.5 Å². The Balaban J connectivity index is 4.35. The van der Waals surface area contributed by atoms with Crippen LogP contribution in [0.25, 0.3) is 0 Å². The molecule has 62 heavy (non-hydrogen) atoms. The maximum atomic E-state index is 12.8. The minimum absolute atomic E-state index is 0.0733. The lowest BCUT2D eigenvalue weighted by Gasteiger charge is -2.18. The molecule has 0 saturated heterocycles. The van der Waals surface area contributed by atoms with Gasteiger partial charge in [-0.2, -0.15) is 0 Å². The van der Waals surface area contributed by atoms with E-state index in [1.54, 1.807) is 0 Å². The summed E-state index contributed by atoms with van der Waals surface area (Å²) in [6.45, 7) is 6.61. The number of esters is 3. The Kier molecular flexibility index (Phi) is 49.3. The summed E-state index contributed by atoms with van der Waals surface area (Å²) in [5.41, 5.74) is 0. The van der Waals surface area contributed by atoms with E-state index in [9.17, 15) is 14.4 Å². The molecular formula is C56H102O6. The number of unbranched alkanes of at least 4 members (excludes halogenated alkanes) is 32. The highest BCUT2D eigenvalue weighted by Gasteiger charge is 2.19. The smallest absolute Gasteiger partial charge is 0.306 e. The molecule has 0 fully saturated rings. The minimum Gasteiger partial charge on any atom is -0.462 e. The van der Waals surface area contributed by atoms with Crippen LogP contribution in [0.4, 0.5) is 0 Å². The fraction of sp³-hybridized carbons (Fsp3) is 0.839. The van der Waals surface area contributed by atoms with E-state index in [0.29, 0.717) is 19.3 Å². The van der Waals surface area contributed by atoms with E-state index in [0.717, 1.165) is 70.6 Å². The molecular weight excluding hydrogens is 769 g/mol. The van der Waals surface area contributed by atoms with Gasteiger partial charge >= 0.3 is 17.9 Å². The highest BCUT2D eigenvalue weighted by molar-refractivity contribution is 5.71. The van der Waals surface area contributed by atoms with Crippen LogP contribution in [0, 0.1) is 0 Å². The normalized spacial score (nSPS) is 12.2. The van der Waals surface area contributed by atoms with Crippen LogP contribution in [0.5, 0.6) is 0 Å². The molecule has 1 atom stereocenters. The van der Waals surface area contributed by atoms with Crippen molar-refractivity contribution in [3.63, 3.8) is 0 Å². The van der Waals surface area contributed by atoms with Crippen molar-refractivity contribution in [3.8, 4) is 0 Å². The topological polar surface area (TPSA) is 78.9 Å². The molecule has 0 aliphatic carbocycles. The largest absolute Gasteiger partial charge is 0.462 e. The number of rotatable bonds is 49. The van der Waals surface area contributed by atoms with Crippen molar-refractivity contribution in [2.45, 2.75) is 290 Å². The van der Waals surface area contributed by atoms with Crippen molar-refractivity contribution in [2.75, 3.05) is 13.2 Å². The predicted molar refractivity (Wildman–Crippen MR) is 266 cm³/mol. The van der Waals surface area contributed by atoms with E-state index >= 15 is 0 Å². The second kappa shape index (κ2) is 51.3. The van der Waals surface area contributed by atoms with Gasteiger partial charge in [0, 0.05) is 19.3 Å². The average molecular weight is 871 g/mol. The maximum absolute atomic E-state index is 12.8. The SMILES string of the molecule is CCCCC/C=C\C/C=C\CCCCCCCCCC(=O)OC[C@H](COC(=O)CCCCCCCCCCCCCC)OC(=O)CCCCCCCCC/C=C\CCCCCC. The summed E-state index contributed by atoms with van der Waals surface area (Å²) in [5, 5.41) is 0. The van der Waals surface area contributed by atoms with Crippen molar-refractivity contribution in [3.05, 3.63) is 36.5 Å². The Hall–Kier alpha value is -2.37. The Morgan fingerprint density at radius 1 is 0.323 bits per heavy atom. The standard InChI is InChI=1S/C56H102O6/c1-4-7-10-13-16-19-22-25-27-28-30-31-34-37-40-43-46-49-55(58)61-52-53(51-60-54(57)48-45-42-39-36-33-24-21-18-15-12-9-6-3)62-56(59)50-47-44-41-38-35-32-29-26-23-20-17-14-11-8-5-2/h16,19-20,23,25,27,53H,4-15,17-18,21-22,24,26,28-52H2,1-3H3/b19-16-,23-20-,27-25-/t53-/m0/s1. The first-order chi connectivity index (χ1) is 30.5. The third-order valence-corrected chi connectivity index (χ3v) is 11.9. The molecule has 0 aromatic carbocycles. The fourth-order valence-corrected chi connectivity index (χ4v) is 7.76. The van der Waals surface area contributed by atoms with E-state index in [2.05, 4.69) is 57.2 Å². The summed E-state index contributed by atoms with van der Waals surface area (Å²) in [5.74, 6) is -0.874. The van der Waals surface area contributed by atoms with Crippen molar-refractivity contribution in [2.24, 2.45) is 0 Å². The summed E-state index contributed by atoms with van der Waals surface area (Å²) >= 11 is 0. The zero-order valence-corrected chi connectivity index (χ0v) is 41.4. The number of ether oxygens (including phenoxy) is 3. The summed E-state index contributed by atoms with van der Waals surface area (Å²) in [7, 11) is 0. The molecule has 0 aromatic rings. The van der Waals surface area contributed by atoms with Crippen molar-refractivity contribution >= 4 is 17.9 Å². The Bertz CT molecular complexity index is 1050. The van der Waals surface area contributed by atoms with E-state index in [1.807, 2.05) is 0 Å². The van der Waals surface area contributed by atoms with Gasteiger partial charge in [0.1, 0.15) is 13.2 Å². The van der Waals surface area contributed by atoms with Crippen LogP contribution >= 0.6 is 0 Å². The quantitative estimate of drug-likeness (QED) is 0.0262. The van der Waals surface area contributed by atoms with Gasteiger partial charge in [0.05, 0.1) is 0 Å². The van der Waals surface area contributed by atoms with Crippen molar-refractivity contribution < 1.29 is 28.6 Å². The number of hydrogen-bond donors (Lipinski definition) is 0. The fourth-order valence-electron chi connectivity index (χ4n) is 7.76. The first kappa shape index (κ1) is 59.6. The van der Waals surface area contributed by atoms with E-state index in [-0.39, 0.29) is 31.1 Å². The van der Waals surface area contributed by atoms with Gasteiger partial charge in [0.2, 0.25) is 0 Å². The van der Waals surface area contributed by atoms with Crippen LogP contribution in [0.2, 0.25) is 0 Å². The molecule has 0 aromatic heterocycles. The summed E-state index contributed by atoms with van der Waals surface area (Å²) < 4.78 is 16.8. The van der Waals surface area contributed by atoms with Crippen molar-refractivity contribution in [1.82, 2.24) is 0 Å². The third kappa shape index (κ3) is 48.7. The zero-order valence-electron chi connectivity index (χ0n) is 41.4. The summed E-state index contributed by atoms with van der Waals surface area (Å²) in [6, 6.07) is 0. The number of carbonyl (C=O) groups excluding carboxylic acids is 3. The molecule has 6 nitrogen and oxygen atoms in total. The Labute approximate surface area is 385 Å². The van der Waals surface area contributed by atoms with E-state index in [4.69, 9.17) is 14.2 Å². The Morgan fingerprint density at radius 2 is 0.581 bits per heavy atom. The Morgan fingerprint density at radius 3 is 0.952 bits per heavy atom. The number of hydrogen-bond acceptors (Lipinski definition) is 6. The highest BCUT2D eigenvalue weighted by atomic mass is 16.6. The molecule has 0 heterocycles. The van der Waals surface area contributed by atoms with Crippen LogP contribution in [-0.2, 0) is 28.6 Å². The van der Waals surface area contributed by atoms with Crippen LogP contribution in [0.3, 0.4) is 0 Å². The lowest BCUT2D eigenvalue weighted by atomic mass is 10.0. The molecule has 0 saturated carbocycles. The molecule has 0 radical (unpaired) electrons. The lowest BCUT2D eigenvalue weighted by molar-refractivity contribution is -0.167. The molecule has 0 aliphatic heterocycles. The van der Waals surface area contributed by atoms with E-state index in [1.165, 1.54) is 173 Å². The van der Waals surface area contributed by atoms with Gasteiger partial charge in [-0.15, -0.1) is 0 Å². The summed E-state index contributed by atoms with van der Waals surface area (Å²) in [4.78, 5) is 38.0. The van der Waals surface area contributed by atoms with Gasteiger partial charge < -0.3 is 14.2 Å². The van der Waals surface area contributed by atoms with Gasteiger partial charge in [-0.1, -0.05) is 224 Å². The zero-order chi connectivity index (χ0) is 45.1. The minimum atomic E-state index is -0.773. The molecule has 0 bridgehead atoms. The van der Waals surface area contributed by atoms with Crippen molar-refractivity contribution in [1.29, 1.82) is 0 Å². The third-order valence-electron chi connectivity index (χ3n) is 11.9. The van der Waals surface area contributed by atoms with Gasteiger partial charge in [-0.3, -0.25) is 14.4 Å².